The summed E-state index contributed by atoms with van der Waals surface area (Å²) in [5.41, 5.74) is -11.6. The Hall–Kier alpha value is -8.02. The predicted octanol–water partition coefficient (Wildman–Crippen LogP) is 5.80. The largest absolute Gasteiger partial charge is 0.394 e. The second kappa shape index (κ2) is 11.0. The quantitative estimate of drug-likeness (QED) is 0.153. The molecule has 46 heavy (non-hydrogen) atoms. The maximum atomic E-state index is 17.0. The summed E-state index contributed by atoms with van der Waals surface area (Å²) in [4.78, 5) is 26.1. The monoisotopic (exact) mass is 606 g/mol. The Labute approximate surface area is 254 Å². The van der Waals surface area contributed by atoms with Crippen molar-refractivity contribution in [2.24, 2.45) is 0 Å². The molecule has 5 rings (SSSR count). The van der Waals surface area contributed by atoms with Crippen molar-refractivity contribution in [3.63, 3.8) is 0 Å². The normalized spacial score (nSPS) is 14.7. The number of nitriles is 4. The average Bonchev–Trinajstić information content (AvgIpc) is 3.59. The molecule has 16 heteroatoms. The van der Waals surface area contributed by atoms with E-state index in [1.807, 2.05) is 0 Å². The minimum absolute atomic E-state index is 0.651. The third-order valence-corrected chi connectivity index (χ3v) is 6.69. The van der Waals surface area contributed by atoms with Crippen LogP contribution in [0.15, 0.2) is 23.8 Å². The zero-order valence-electron chi connectivity index (χ0n) is 22.0. The predicted molar refractivity (Wildman–Crippen MR) is 145 cm³/mol. The number of rotatable bonds is 2. The molecule has 0 aliphatic heterocycles. The number of benzene rings is 1. The van der Waals surface area contributed by atoms with E-state index in [1.165, 1.54) is 18.2 Å². The molecule has 2 aliphatic carbocycles. The van der Waals surface area contributed by atoms with Gasteiger partial charge >= 0.3 is 5.95 Å². The summed E-state index contributed by atoms with van der Waals surface area (Å²) in [6.45, 7) is 29.8. The summed E-state index contributed by atoms with van der Waals surface area (Å²) < 4.78 is 64.2. The Bertz CT molecular complexity index is 2300. The SMILES string of the molecule is [C-]#[N+]C1=C(c2cnc([N+]#[C-])nc2F)/C(=C(/C#N)[N+]#[C-])c2c(F)c3c(c(F)c21)C(C#N)=C(c1cnc(C#N)nc1F)/C3=C(\C#N)[N+]#[C-]. The van der Waals surface area contributed by atoms with Crippen LogP contribution in [-0.2, 0) is 0 Å². The van der Waals surface area contributed by atoms with E-state index < -0.39 is 114 Å². The van der Waals surface area contributed by atoms with Gasteiger partial charge in [-0.25, -0.2) is 38.8 Å². The molecule has 0 bridgehead atoms. The van der Waals surface area contributed by atoms with Gasteiger partial charge in [-0.05, 0) is 11.1 Å². The lowest BCUT2D eigenvalue weighted by molar-refractivity contribution is 0.573. The Balaban J connectivity index is 2.04. The number of hydrogen-bond donors (Lipinski definition) is 0. The summed E-state index contributed by atoms with van der Waals surface area (Å²) in [7, 11) is 0. The highest BCUT2D eigenvalue weighted by atomic mass is 19.1. The van der Waals surface area contributed by atoms with Crippen LogP contribution in [0.3, 0.4) is 0 Å². The van der Waals surface area contributed by atoms with Gasteiger partial charge in [-0.15, -0.1) is 11.6 Å². The molecule has 2 aliphatic rings. The number of aromatic nitrogens is 4. The van der Waals surface area contributed by atoms with Gasteiger partial charge in [0.25, 0.3) is 17.3 Å². The highest BCUT2D eigenvalue weighted by Gasteiger charge is 2.45. The summed E-state index contributed by atoms with van der Waals surface area (Å²) >= 11 is 0. The Morgan fingerprint density at radius 1 is 0.652 bits per heavy atom. The van der Waals surface area contributed by atoms with Gasteiger partial charge in [-0.1, -0.05) is 0 Å². The van der Waals surface area contributed by atoms with Crippen molar-refractivity contribution in [1.29, 1.82) is 21.0 Å². The van der Waals surface area contributed by atoms with E-state index in [1.54, 1.807) is 6.07 Å². The smallest absolute Gasteiger partial charge is 0.374 e. The molecular weight excluding hydrogens is 604 g/mol. The van der Waals surface area contributed by atoms with Crippen LogP contribution < -0.4 is 0 Å². The highest BCUT2D eigenvalue weighted by Crippen LogP contribution is 2.57. The van der Waals surface area contributed by atoms with E-state index in [9.17, 15) is 15.8 Å². The molecule has 3 aromatic rings. The molecule has 0 saturated heterocycles. The molecule has 0 N–H and O–H groups in total. The van der Waals surface area contributed by atoms with Gasteiger partial charge in [0.15, 0.2) is 0 Å². The first kappa shape index (κ1) is 29.5. The van der Waals surface area contributed by atoms with Gasteiger partial charge in [0.2, 0.25) is 17.5 Å². The van der Waals surface area contributed by atoms with E-state index in [2.05, 4.69) is 39.3 Å². The molecule has 0 saturated carbocycles. The van der Waals surface area contributed by atoms with E-state index in [0.717, 1.165) is 6.20 Å². The summed E-state index contributed by atoms with van der Waals surface area (Å²) in [6.07, 6.45) is 1.42. The molecule has 2 heterocycles. The van der Waals surface area contributed by atoms with Crippen molar-refractivity contribution in [1.82, 2.24) is 19.9 Å². The first-order valence-corrected chi connectivity index (χ1v) is 11.9. The number of fused-ring (bicyclic) bond motifs is 2. The van der Waals surface area contributed by atoms with Crippen molar-refractivity contribution < 1.29 is 17.6 Å². The van der Waals surface area contributed by atoms with Crippen molar-refractivity contribution in [2.45, 2.75) is 0 Å². The molecular formula is C30H2F4N12. The van der Waals surface area contributed by atoms with Crippen molar-refractivity contribution in [3.05, 3.63) is 132 Å². The number of halogens is 4. The summed E-state index contributed by atoms with van der Waals surface area (Å²) in [5.74, 6) is -7.29. The number of allylic oxidation sites excluding steroid dienone is 7. The third kappa shape index (κ3) is 3.92. The van der Waals surface area contributed by atoms with Gasteiger partial charge in [0.05, 0.1) is 54.8 Å². The van der Waals surface area contributed by atoms with Crippen LogP contribution in [0.25, 0.3) is 52.9 Å². The lowest BCUT2D eigenvalue weighted by Gasteiger charge is -2.15. The van der Waals surface area contributed by atoms with Crippen LogP contribution in [0.5, 0.6) is 0 Å². The average molecular weight is 606 g/mol. The molecule has 0 unspecified atom stereocenters. The molecule has 2 aromatic heterocycles. The summed E-state index contributed by atoms with van der Waals surface area (Å²) in [5, 5.41) is 38.7. The molecule has 0 atom stereocenters. The molecule has 210 valence electrons. The van der Waals surface area contributed by atoms with Crippen molar-refractivity contribution in [3.8, 4) is 24.3 Å². The van der Waals surface area contributed by atoms with Gasteiger partial charge < -0.3 is 4.85 Å². The lowest BCUT2D eigenvalue weighted by atomic mass is 9.90. The second-order valence-electron chi connectivity index (χ2n) is 8.72. The van der Waals surface area contributed by atoms with Gasteiger partial charge in [-0.3, -0.25) is 0 Å². The van der Waals surface area contributed by atoms with E-state index >= 15 is 17.6 Å². The number of hydrogen-bond acceptors (Lipinski definition) is 8. The van der Waals surface area contributed by atoms with Gasteiger partial charge in [0, 0.05) is 39.6 Å². The fourth-order valence-electron chi connectivity index (χ4n) is 5.02. The van der Waals surface area contributed by atoms with Crippen LogP contribution in [0, 0.1) is 95.1 Å². The topological polar surface area (TPSA) is 164 Å². The minimum atomic E-state index is -1.56. The molecule has 0 radical (unpaired) electrons. The lowest BCUT2D eigenvalue weighted by Crippen LogP contribution is -2.05. The van der Waals surface area contributed by atoms with Crippen molar-refractivity contribution in [2.75, 3.05) is 0 Å². The standard InChI is InChI=1S/C30H2F4N12/c1-39-14(6-36)20-17(12-9-43-16(8-38)45-28(12)33)11(5-35)18-22(20)26(32)23-21(15(7-37)40-2)19(27(41-3)24(23)25(18)31)13-10-44-30(42-4)46-29(13)34/h9-10H/b20-14-,21-15+. The van der Waals surface area contributed by atoms with Gasteiger partial charge in [0.1, 0.15) is 23.8 Å². The molecule has 0 fully saturated rings. The maximum Gasteiger partial charge on any atom is 0.374 e. The Morgan fingerprint density at radius 3 is 1.70 bits per heavy atom. The summed E-state index contributed by atoms with van der Waals surface area (Å²) in [6, 6.07) is 6.04. The molecule has 12 nitrogen and oxygen atoms in total. The van der Waals surface area contributed by atoms with Crippen LogP contribution in [0.4, 0.5) is 23.5 Å². The van der Waals surface area contributed by atoms with E-state index in [4.69, 9.17) is 31.6 Å². The highest BCUT2D eigenvalue weighted by molar-refractivity contribution is 6.29. The Morgan fingerprint density at radius 2 is 1.20 bits per heavy atom. The van der Waals surface area contributed by atoms with Crippen molar-refractivity contribution >= 4 is 39.5 Å². The molecule has 0 spiro atoms. The van der Waals surface area contributed by atoms with Gasteiger partial charge in [-0.2, -0.15) is 29.3 Å². The molecule has 1 aromatic carbocycles. The van der Waals surface area contributed by atoms with E-state index in [-0.39, 0.29) is 0 Å². The Kier molecular flexibility index (Phi) is 7.05. The van der Waals surface area contributed by atoms with Crippen LogP contribution >= 0.6 is 0 Å². The minimum Gasteiger partial charge on any atom is -0.394 e. The number of nitrogens with zero attached hydrogens (tertiary/aromatic N) is 12. The van der Waals surface area contributed by atoms with Crippen LogP contribution in [0.1, 0.15) is 39.2 Å². The molecule has 0 amide bonds. The van der Waals surface area contributed by atoms with Crippen LogP contribution in [-0.4, -0.2) is 19.9 Å². The third-order valence-electron chi connectivity index (χ3n) is 6.69. The maximum absolute atomic E-state index is 17.0. The zero-order chi connectivity index (χ0) is 33.4. The van der Waals surface area contributed by atoms with E-state index in [0.29, 0.717) is 6.20 Å². The second-order valence-corrected chi connectivity index (χ2v) is 8.72. The first-order valence-electron chi connectivity index (χ1n) is 11.9. The first-order chi connectivity index (χ1) is 22.2. The van der Waals surface area contributed by atoms with Crippen LogP contribution in [0.2, 0.25) is 0 Å². The fourth-order valence-corrected chi connectivity index (χ4v) is 5.02. The zero-order valence-corrected chi connectivity index (χ0v) is 22.0. The fraction of sp³-hybridized carbons (Fsp3) is 0.